The smallest absolute Gasteiger partial charge is 0.0628 e. The van der Waals surface area contributed by atoms with Crippen LogP contribution in [-0.4, -0.2) is 0 Å². The lowest BCUT2D eigenvalue weighted by atomic mass is 9.95. The van der Waals surface area contributed by atoms with Gasteiger partial charge >= 0.3 is 0 Å². The first kappa shape index (κ1) is 15.6. The minimum Gasteiger partial charge on any atom is -0.117 e. The Morgan fingerprint density at radius 2 is 1.80 bits per heavy atom. The van der Waals surface area contributed by atoms with Crippen molar-refractivity contribution < 1.29 is 0 Å². The monoisotopic (exact) mass is 350 g/mol. The van der Waals surface area contributed by atoms with E-state index in [-0.39, 0.29) is 5.38 Å². The molecule has 0 amide bonds. The Morgan fingerprint density at radius 3 is 2.45 bits per heavy atom. The molecule has 2 heteroatoms. The maximum absolute atomic E-state index is 6.69. The predicted octanol–water partition coefficient (Wildman–Crippen LogP) is 6.10. The van der Waals surface area contributed by atoms with Gasteiger partial charge in [-0.15, -0.1) is 11.6 Å². The van der Waals surface area contributed by atoms with Crippen molar-refractivity contribution >= 4 is 27.5 Å². The fourth-order valence-electron chi connectivity index (χ4n) is 2.46. The lowest BCUT2D eigenvalue weighted by Crippen LogP contribution is -2.01. The molecule has 1 atom stereocenters. The van der Waals surface area contributed by atoms with Gasteiger partial charge in [0, 0.05) is 4.47 Å². The van der Waals surface area contributed by atoms with Crippen molar-refractivity contribution in [3.8, 4) is 0 Å². The highest BCUT2D eigenvalue weighted by atomic mass is 79.9. The molecular formula is C18H20BrCl. The quantitative estimate of drug-likeness (QED) is 0.571. The maximum Gasteiger partial charge on any atom is 0.0628 e. The molecule has 2 aromatic carbocycles. The number of hydrogen-bond donors (Lipinski definition) is 0. The second kappa shape index (κ2) is 7.28. The van der Waals surface area contributed by atoms with Gasteiger partial charge in [0.2, 0.25) is 0 Å². The topological polar surface area (TPSA) is 0 Å². The average molecular weight is 352 g/mol. The molecular weight excluding hydrogens is 332 g/mol. The number of benzene rings is 2. The van der Waals surface area contributed by atoms with Crippen LogP contribution in [0, 0.1) is 0 Å². The highest BCUT2D eigenvalue weighted by Gasteiger charge is 2.13. The summed E-state index contributed by atoms with van der Waals surface area (Å²) in [5, 5.41) is 0.0331. The molecule has 1 unspecified atom stereocenters. The zero-order chi connectivity index (χ0) is 14.5. The van der Waals surface area contributed by atoms with Crippen LogP contribution in [-0.2, 0) is 19.3 Å². The third-order valence-electron chi connectivity index (χ3n) is 3.64. The summed E-state index contributed by atoms with van der Waals surface area (Å²) in [5.41, 5.74) is 5.27. The first-order valence-corrected chi connectivity index (χ1v) is 8.37. The van der Waals surface area contributed by atoms with Gasteiger partial charge in [-0.05, 0) is 53.6 Å². The Labute approximate surface area is 135 Å². The molecule has 0 saturated heterocycles. The molecule has 0 nitrogen and oxygen atoms in total. The molecule has 106 valence electrons. The van der Waals surface area contributed by atoms with Gasteiger partial charge in [0.15, 0.2) is 0 Å². The molecule has 0 heterocycles. The molecule has 0 saturated carbocycles. The van der Waals surface area contributed by atoms with Crippen LogP contribution >= 0.6 is 27.5 Å². The highest BCUT2D eigenvalue weighted by molar-refractivity contribution is 9.10. The van der Waals surface area contributed by atoms with Crippen molar-refractivity contribution in [3.05, 3.63) is 69.2 Å². The molecule has 0 spiro atoms. The van der Waals surface area contributed by atoms with Crippen molar-refractivity contribution in [3.63, 3.8) is 0 Å². The molecule has 2 rings (SSSR count). The number of hydrogen-bond acceptors (Lipinski definition) is 0. The van der Waals surface area contributed by atoms with Gasteiger partial charge in [-0.25, -0.2) is 0 Å². The van der Waals surface area contributed by atoms with Crippen LogP contribution in [0.5, 0.6) is 0 Å². The third-order valence-corrected chi connectivity index (χ3v) is 4.52. The molecule has 0 N–H and O–H groups in total. The Hall–Kier alpha value is -0.790. The number of halogens is 2. The van der Waals surface area contributed by atoms with Crippen molar-refractivity contribution in [2.75, 3.05) is 0 Å². The van der Waals surface area contributed by atoms with Crippen LogP contribution in [0.2, 0.25) is 0 Å². The Kier molecular flexibility index (Phi) is 5.68. The van der Waals surface area contributed by atoms with Crippen LogP contribution in [0.4, 0.5) is 0 Å². The van der Waals surface area contributed by atoms with Crippen molar-refractivity contribution in [1.82, 2.24) is 0 Å². The fraction of sp³-hybridized carbons (Fsp3) is 0.333. The van der Waals surface area contributed by atoms with E-state index in [2.05, 4.69) is 66.2 Å². The molecule has 0 aliphatic rings. The number of rotatable bonds is 5. The van der Waals surface area contributed by atoms with Gasteiger partial charge < -0.3 is 0 Å². The lowest BCUT2D eigenvalue weighted by Gasteiger charge is -2.16. The summed E-state index contributed by atoms with van der Waals surface area (Å²) < 4.78 is 1.11. The molecule has 0 aromatic heterocycles. The van der Waals surface area contributed by atoms with E-state index in [1.165, 1.54) is 22.3 Å². The zero-order valence-corrected chi connectivity index (χ0v) is 14.3. The SMILES string of the molecule is CCc1ccc(CC)c(C(Cl)Cc2cccc(Br)c2)c1. The van der Waals surface area contributed by atoms with E-state index in [0.29, 0.717) is 0 Å². The minimum absolute atomic E-state index is 0.0331. The minimum atomic E-state index is 0.0331. The summed E-state index contributed by atoms with van der Waals surface area (Å²) in [4.78, 5) is 0. The van der Waals surface area contributed by atoms with Crippen LogP contribution in [0.25, 0.3) is 0 Å². The van der Waals surface area contributed by atoms with E-state index in [9.17, 15) is 0 Å². The standard InChI is InChI=1S/C18H20BrCl/c1-3-13-8-9-15(4-2)17(11-13)18(20)12-14-6-5-7-16(19)10-14/h5-11,18H,3-4,12H2,1-2H3. The van der Waals surface area contributed by atoms with Gasteiger partial charge in [-0.1, -0.05) is 60.1 Å². The van der Waals surface area contributed by atoms with E-state index in [0.717, 1.165) is 23.7 Å². The third kappa shape index (κ3) is 3.86. The second-order valence-electron chi connectivity index (χ2n) is 5.04. The summed E-state index contributed by atoms with van der Waals surface area (Å²) in [7, 11) is 0. The fourth-order valence-corrected chi connectivity index (χ4v) is 3.29. The Balaban J connectivity index is 2.25. The molecule has 0 bridgehead atoms. The summed E-state index contributed by atoms with van der Waals surface area (Å²) in [6.07, 6.45) is 2.94. The van der Waals surface area contributed by atoms with Crippen LogP contribution < -0.4 is 0 Å². The predicted molar refractivity (Wildman–Crippen MR) is 91.6 cm³/mol. The molecule has 0 aliphatic carbocycles. The summed E-state index contributed by atoms with van der Waals surface area (Å²) >= 11 is 10.2. The van der Waals surface area contributed by atoms with E-state index < -0.39 is 0 Å². The second-order valence-corrected chi connectivity index (χ2v) is 6.48. The molecule has 20 heavy (non-hydrogen) atoms. The van der Waals surface area contributed by atoms with Crippen LogP contribution in [0.15, 0.2) is 46.9 Å². The van der Waals surface area contributed by atoms with Gasteiger partial charge in [0.1, 0.15) is 0 Å². The van der Waals surface area contributed by atoms with Crippen LogP contribution in [0.1, 0.15) is 41.5 Å². The molecule has 0 aliphatic heterocycles. The van der Waals surface area contributed by atoms with Gasteiger partial charge in [-0.2, -0.15) is 0 Å². The zero-order valence-electron chi connectivity index (χ0n) is 12.0. The highest BCUT2D eigenvalue weighted by Crippen LogP contribution is 2.30. The number of alkyl halides is 1. The first-order valence-electron chi connectivity index (χ1n) is 7.14. The average Bonchev–Trinajstić information content (AvgIpc) is 2.46. The Bertz CT molecular complexity index is 577. The maximum atomic E-state index is 6.69. The van der Waals surface area contributed by atoms with E-state index in [4.69, 9.17) is 11.6 Å². The van der Waals surface area contributed by atoms with Gasteiger partial charge in [-0.3, -0.25) is 0 Å². The Morgan fingerprint density at radius 1 is 1.00 bits per heavy atom. The lowest BCUT2D eigenvalue weighted by molar-refractivity contribution is 0.889. The van der Waals surface area contributed by atoms with E-state index in [1.807, 2.05) is 6.07 Å². The van der Waals surface area contributed by atoms with Crippen molar-refractivity contribution in [2.45, 2.75) is 38.5 Å². The van der Waals surface area contributed by atoms with E-state index in [1.54, 1.807) is 0 Å². The normalized spacial score (nSPS) is 12.4. The van der Waals surface area contributed by atoms with Crippen molar-refractivity contribution in [1.29, 1.82) is 0 Å². The molecule has 0 fully saturated rings. The van der Waals surface area contributed by atoms with Crippen molar-refractivity contribution in [2.24, 2.45) is 0 Å². The largest absolute Gasteiger partial charge is 0.117 e. The first-order chi connectivity index (χ1) is 9.63. The summed E-state index contributed by atoms with van der Waals surface area (Å²) in [6.45, 7) is 4.37. The van der Waals surface area contributed by atoms with Gasteiger partial charge in [0.25, 0.3) is 0 Å². The molecule has 2 aromatic rings. The summed E-state index contributed by atoms with van der Waals surface area (Å²) in [6, 6.07) is 15.1. The number of aryl methyl sites for hydroxylation is 2. The summed E-state index contributed by atoms with van der Waals surface area (Å²) in [5.74, 6) is 0. The van der Waals surface area contributed by atoms with E-state index >= 15 is 0 Å². The van der Waals surface area contributed by atoms with Gasteiger partial charge in [0.05, 0.1) is 5.38 Å². The molecule has 0 radical (unpaired) electrons. The van der Waals surface area contributed by atoms with Crippen LogP contribution in [0.3, 0.4) is 0 Å².